The summed E-state index contributed by atoms with van der Waals surface area (Å²) in [4.78, 5) is 30.3. The van der Waals surface area contributed by atoms with Crippen LogP contribution in [0.15, 0.2) is 47.6 Å². The average Bonchev–Trinajstić information content (AvgIpc) is 2.95. The Kier molecular flexibility index (Phi) is 4.52. The van der Waals surface area contributed by atoms with Crippen LogP contribution in [0.2, 0.25) is 0 Å². The molecule has 1 heterocycles. The number of carboxylic acid groups (broad SMARTS) is 1. The van der Waals surface area contributed by atoms with Crippen LogP contribution in [-0.2, 0) is 4.79 Å². The molecule has 0 saturated heterocycles. The number of fused-ring (bicyclic) bond motifs is 1. The highest BCUT2D eigenvalue weighted by Crippen LogP contribution is 2.21. The van der Waals surface area contributed by atoms with Crippen LogP contribution < -0.4 is 5.32 Å². The van der Waals surface area contributed by atoms with E-state index in [0.717, 1.165) is 11.3 Å². The molecule has 122 valence electrons. The lowest BCUT2D eigenvalue weighted by Crippen LogP contribution is -2.14. The molecule has 2 aromatic carbocycles. The molecule has 3 N–H and O–H groups in total. The van der Waals surface area contributed by atoms with Crippen molar-refractivity contribution >= 4 is 40.4 Å². The molecule has 3 rings (SSSR count). The van der Waals surface area contributed by atoms with E-state index in [0.29, 0.717) is 16.2 Å². The summed E-state index contributed by atoms with van der Waals surface area (Å²) in [5.74, 6) is -0.907. The topological polar surface area (TPSA) is 95.1 Å². The number of thioether (sulfide) groups is 1. The molecule has 0 saturated carbocycles. The van der Waals surface area contributed by atoms with Crippen LogP contribution in [0.5, 0.6) is 0 Å². The van der Waals surface area contributed by atoms with Gasteiger partial charge in [0.2, 0.25) is 5.91 Å². The molecular weight excluding hydrogens is 326 g/mol. The van der Waals surface area contributed by atoms with Crippen molar-refractivity contribution in [3.8, 4) is 0 Å². The van der Waals surface area contributed by atoms with E-state index in [9.17, 15) is 9.59 Å². The summed E-state index contributed by atoms with van der Waals surface area (Å²) in [7, 11) is 0. The van der Waals surface area contributed by atoms with Gasteiger partial charge in [0.1, 0.15) is 0 Å². The van der Waals surface area contributed by atoms with Crippen molar-refractivity contribution in [1.82, 2.24) is 9.97 Å². The number of benzene rings is 2. The summed E-state index contributed by atoms with van der Waals surface area (Å²) in [5.41, 5.74) is 3.33. The van der Waals surface area contributed by atoms with Gasteiger partial charge in [-0.1, -0.05) is 23.9 Å². The van der Waals surface area contributed by atoms with Crippen LogP contribution in [0.4, 0.5) is 5.69 Å². The van der Waals surface area contributed by atoms with Gasteiger partial charge in [-0.2, -0.15) is 0 Å². The van der Waals surface area contributed by atoms with Gasteiger partial charge in [0.25, 0.3) is 0 Å². The van der Waals surface area contributed by atoms with Gasteiger partial charge < -0.3 is 15.4 Å². The highest BCUT2D eigenvalue weighted by Gasteiger charge is 2.10. The molecule has 0 unspecified atom stereocenters. The number of nitrogens with zero attached hydrogens (tertiary/aromatic N) is 1. The molecule has 3 aromatic rings. The lowest BCUT2D eigenvalue weighted by atomic mass is 10.2. The predicted octanol–water partition coefficient (Wildman–Crippen LogP) is 3.30. The standard InChI is InChI=1S/C17H15N3O3S/c1-10-3-2-4-12(7-10)18-15(21)9-24-17-19-13-6-5-11(16(22)23)8-14(13)20-17/h2-8H,9H2,1H3,(H,18,21)(H,19,20)(H,22,23). The molecule has 0 aliphatic carbocycles. The molecule has 0 aliphatic rings. The third-order valence-corrected chi connectivity index (χ3v) is 4.22. The monoisotopic (exact) mass is 341 g/mol. The summed E-state index contributed by atoms with van der Waals surface area (Å²) in [6.45, 7) is 1.96. The van der Waals surface area contributed by atoms with Crippen molar-refractivity contribution in [2.24, 2.45) is 0 Å². The third kappa shape index (κ3) is 3.75. The summed E-state index contributed by atoms with van der Waals surface area (Å²) < 4.78 is 0. The fraction of sp³-hybridized carbons (Fsp3) is 0.118. The maximum Gasteiger partial charge on any atom is 0.335 e. The largest absolute Gasteiger partial charge is 0.478 e. The molecule has 0 aliphatic heterocycles. The fourth-order valence-electron chi connectivity index (χ4n) is 2.24. The van der Waals surface area contributed by atoms with Crippen LogP contribution in [0.25, 0.3) is 11.0 Å². The molecular formula is C17H15N3O3S. The second-order valence-corrected chi connectivity index (χ2v) is 6.25. The Morgan fingerprint density at radius 1 is 1.25 bits per heavy atom. The highest BCUT2D eigenvalue weighted by molar-refractivity contribution is 7.99. The molecule has 6 nitrogen and oxygen atoms in total. The first kappa shape index (κ1) is 16.1. The fourth-order valence-corrected chi connectivity index (χ4v) is 2.93. The smallest absolute Gasteiger partial charge is 0.335 e. The Labute approximate surface area is 142 Å². The number of anilines is 1. The number of hydrogen-bond donors (Lipinski definition) is 3. The zero-order valence-electron chi connectivity index (χ0n) is 12.9. The Balaban J connectivity index is 1.64. The Morgan fingerprint density at radius 2 is 2.08 bits per heavy atom. The van der Waals surface area contributed by atoms with E-state index in [1.54, 1.807) is 6.07 Å². The minimum Gasteiger partial charge on any atom is -0.478 e. The van der Waals surface area contributed by atoms with Gasteiger partial charge in [-0.3, -0.25) is 4.79 Å². The van der Waals surface area contributed by atoms with Crippen molar-refractivity contribution < 1.29 is 14.7 Å². The normalized spacial score (nSPS) is 10.7. The van der Waals surface area contributed by atoms with Gasteiger partial charge in [0, 0.05) is 5.69 Å². The zero-order chi connectivity index (χ0) is 17.1. The number of rotatable bonds is 5. The first-order valence-corrected chi connectivity index (χ1v) is 8.22. The van der Waals surface area contributed by atoms with Gasteiger partial charge in [-0.05, 0) is 42.8 Å². The van der Waals surface area contributed by atoms with E-state index in [2.05, 4.69) is 15.3 Å². The average molecular weight is 341 g/mol. The lowest BCUT2D eigenvalue weighted by Gasteiger charge is -2.04. The van der Waals surface area contributed by atoms with Crippen molar-refractivity contribution in [3.63, 3.8) is 0 Å². The Bertz CT molecular complexity index is 920. The van der Waals surface area contributed by atoms with Gasteiger partial charge in [-0.25, -0.2) is 9.78 Å². The second kappa shape index (κ2) is 6.76. The van der Waals surface area contributed by atoms with E-state index in [4.69, 9.17) is 5.11 Å². The SMILES string of the molecule is Cc1cccc(NC(=O)CSc2nc3ccc(C(=O)O)cc3[nH]2)c1. The zero-order valence-corrected chi connectivity index (χ0v) is 13.7. The third-order valence-electron chi connectivity index (χ3n) is 3.35. The minimum atomic E-state index is -0.988. The van der Waals surface area contributed by atoms with Crippen molar-refractivity contribution in [3.05, 3.63) is 53.6 Å². The predicted molar refractivity (Wildman–Crippen MR) is 93.6 cm³/mol. The van der Waals surface area contributed by atoms with E-state index in [1.807, 2.05) is 31.2 Å². The van der Waals surface area contributed by atoms with Crippen molar-refractivity contribution in [2.45, 2.75) is 12.1 Å². The number of nitrogens with one attached hydrogen (secondary N) is 2. The van der Waals surface area contributed by atoms with Crippen molar-refractivity contribution in [2.75, 3.05) is 11.1 Å². The number of aryl methyl sites for hydroxylation is 1. The van der Waals surface area contributed by atoms with Crippen LogP contribution in [-0.4, -0.2) is 32.7 Å². The molecule has 1 aromatic heterocycles. The molecule has 0 radical (unpaired) electrons. The number of H-pyrrole nitrogens is 1. The molecule has 1 amide bonds. The number of aromatic amines is 1. The molecule has 7 heteroatoms. The summed E-state index contributed by atoms with van der Waals surface area (Å²) >= 11 is 1.27. The quantitative estimate of drug-likeness (QED) is 0.619. The molecule has 0 fully saturated rings. The van der Waals surface area contributed by atoms with Gasteiger partial charge >= 0.3 is 5.97 Å². The van der Waals surface area contributed by atoms with Gasteiger partial charge in [0.05, 0.1) is 22.3 Å². The molecule has 0 spiro atoms. The number of carbonyl (C=O) groups excluding carboxylic acids is 1. The van der Waals surface area contributed by atoms with Crippen LogP contribution in [0, 0.1) is 6.92 Å². The Hall–Kier alpha value is -2.80. The number of imidazole rings is 1. The summed E-state index contributed by atoms with van der Waals surface area (Å²) in [6, 6.07) is 12.3. The van der Waals surface area contributed by atoms with Crippen LogP contribution >= 0.6 is 11.8 Å². The first-order chi connectivity index (χ1) is 11.5. The number of aromatic nitrogens is 2. The summed E-state index contributed by atoms with van der Waals surface area (Å²) in [6.07, 6.45) is 0. The van der Waals surface area contributed by atoms with E-state index in [-0.39, 0.29) is 17.2 Å². The summed E-state index contributed by atoms with van der Waals surface area (Å²) in [5, 5.41) is 12.4. The Morgan fingerprint density at radius 3 is 2.83 bits per heavy atom. The van der Waals surface area contributed by atoms with E-state index >= 15 is 0 Å². The van der Waals surface area contributed by atoms with Crippen LogP contribution in [0.3, 0.4) is 0 Å². The maximum atomic E-state index is 12.0. The molecule has 0 bridgehead atoms. The number of amides is 1. The minimum absolute atomic E-state index is 0.128. The number of carbonyl (C=O) groups is 2. The van der Waals surface area contributed by atoms with Crippen LogP contribution in [0.1, 0.15) is 15.9 Å². The lowest BCUT2D eigenvalue weighted by molar-refractivity contribution is -0.113. The molecule has 0 atom stereocenters. The number of aromatic carboxylic acids is 1. The van der Waals surface area contributed by atoms with Gasteiger partial charge in [-0.15, -0.1) is 0 Å². The maximum absolute atomic E-state index is 12.0. The number of hydrogen-bond acceptors (Lipinski definition) is 4. The van der Waals surface area contributed by atoms with E-state index < -0.39 is 5.97 Å². The van der Waals surface area contributed by atoms with E-state index in [1.165, 1.54) is 23.9 Å². The van der Waals surface area contributed by atoms with Crippen molar-refractivity contribution in [1.29, 1.82) is 0 Å². The highest BCUT2D eigenvalue weighted by atomic mass is 32.2. The van der Waals surface area contributed by atoms with Gasteiger partial charge in [0.15, 0.2) is 5.16 Å². The second-order valence-electron chi connectivity index (χ2n) is 5.29. The first-order valence-electron chi connectivity index (χ1n) is 7.23. The molecule has 24 heavy (non-hydrogen) atoms. The number of carboxylic acids is 1.